The number of benzene rings is 1. The first-order valence-corrected chi connectivity index (χ1v) is 6.75. The predicted octanol–water partition coefficient (Wildman–Crippen LogP) is 1.99. The van der Waals surface area contributed by atoms with Crippen molar-refractivity contribution < 1.29 is 4.79 Å². The van der Waals surface area contributed by atoms with Gasteiger partial charge in [-0.25, -0.2) is 0 Å². The van der Waals surface area contributed by atoms with E-state index in [0.29, 0.717) is 12.2 Å². The van der Waals surface area contributed by atoms with Crippen molar-refractivity contribution in [1.29, 1.82) is 0 Å². The van der Waals surface area contributed by atoms with Gasteiger partial charge in [-0.3, -0.25) is 4.79 Å². The van der Waals surface area contributed by atoms with Gasteiger partial charge in [0.05, 0.1) is 0 Å². The summed E-state index contributed by atoms with van der Waals surface area (Å²) in [7, 11) is 4.06. The Labute approximate surface area is 121 Å². The zero-order valence-electron chi connectivity index (χ0n) is 12.8. The van der Waals surface area contributed by atoms with Crippen molar-refractivity contribution in [1.82, 2.24) is 10.2 Å². The molecule has 4 heteroatoms. The predicted molar refractivity (Wildman–Crippen MR) is 85.2 cm³/mol. The number of amides is 1. The Hall–Kier alpha value is -1.81. The average Bonchev–Trinajstić information content (AvgIpc) is 2.32. The van der Waals surface area contributed by atoms with Gasteiger partial charge in [-0.15, -0.1) is 0 Å². The highest BCUT2D eigenvalue weighted by Crippen LogP contribution is 2.14. The van der Waals surface area contributed by atoms with E-state index in [1.165, 1.54) is 0 Å². The number of nitrogen functional groups attached to an aromatic ring is 1. The Bertz CT molecular complexity index is 478. The van der Waals surface area contributed by atoms with Gasteiger partial charge < -0.3 is 16.0 Å². The lowest BCUT2D eigenvalue weighted by Gasteiger charge is -2.28. The molecule has 1 rings (SSSR count). The molecule has 1 aromatic carbocycles. The van der Waals surface area contributed by atoms with Crippen LogP contribution in [0.4, 0.5) is 5.69 Å². The van der Waals surface area contributed by atoms with Crippen molar-refractivity contribution in [2.24, 2.45) is 5.41 Å². The Balaban J connectivity index is 2.48. The molecule has 3 N–H and O–H groups in total. The van der Waals surface area contributed by atoms with Crippen LogP contribution in [0.15, 0.2) is 30.3 Å². The number of rotatable bonds is 6. The lowest BCUT2D eigenvalue weighted by atomic mass is 9.93. The Morgan fingerprint density at radius 2 is 2.10 bits per heavy atom. The van der Waals surface area contributed by atoms with Crippen LogP contribution in [0.3, 0.4) is 0 Å². The fourth-order valence-electron chi connectivity index (χ4n) is 2.13. The normalized spacial score (nSPS) is 12.1. The highest BCUT2D eigenvalue weighted by Gasteiger charge is 2.19. The Kier molecular flexibility index (Phi) is 5.77. The van der Waals surface area contributed by atoms with Gasteiger partial charge in [-0.05, 0) is 43.3 Å². The van der Waals surface area contributed by atoms with Crippen molar-refractivity contribution in [2.75, 3.05) is 32.9 Å². The first kappa shape index (κ1) is 16.2. The van der Waals surface area contributed by atoms with Gasteiger partial charge in [0.25, 0.3) is 0 Å². The van der Waals surface area contributed by atoms with Crippen LogP contribution >= 0.6 is 0 Å². The maximum Gasteiger partial charge on any atom is 0.244 e. The second-order valence-electron chi connectivity index (χ2n) is 6.12. The molecule has 1 aromatic rings. The number of hydrogen-bond acceptors (Lipinski definition) is 3. The zero-order valence-corrected chi connectivity index (χ0v) is 12.8. The van der Waals surface area contributed by atoms with E-state index in [9.17, 15) is 4.79 Å². The maximum absolute atomic E-state index is 11.8. The van der Waals surface area contributed by atoms with Crippen molar-refractivity contribution >= 4 is 17.7 Å². The Morgan fingerprint density at radius 1 is 1.40 bits per heavy atom. The van der Waals surface area contributed by atoms with Gasteiger partial charge >= 0.3 is 0 Å². The van der Waals surface area contributed by atoms with Crippen molar-refractivity contribution in [3.63, 3.8) is 0 Å². The van der Waals surface area contributed by atoms with Crippen molar-refractivity contribution in [3.8, 4) is 0 Å². The molecule has 110 valence electrons. The molecule has 4 nitrogen and oxygen atoms in total. The van der Waals surface area contributed by atoms with E-state index in [1.54, 1.807) is 12.2 Å². The first-order chi connectivity index (χ1) is 9.28. The van der Waals surface area contributed by atoms with Gasteiger partial charge in [-0.1, -0.05) is 26.0 Å². The summed E-state index contributed by atoms with van der Waals surface area (Å²) < 4.78 is 0. The molecule has 0 heterocycles. The highest BCUT2D eigenvalue weighted by atomic mass is 16.1. The summed E-state index contributed by atoms with van der Waals surface area (Å²) in [5, 5.41) is 2.93. The topological polar surface area (TPSA) is 58.4 Å². The molecular formula is C16H25N3O. The van der Waals surface area contributed by atoms with Gasteiger partial charge in [0, 0.05) is 24.9 Å². The van der Waals surface area contributed by atoms with Crippen molar-refractivity contribution in [2.45, 2.75) is 13.8 Å². The Morgan fingerprint density at radius 3 is 2.70 bits per heavy atom. The number of anilines is 1. The summed E-state index contributed by atoms with van der Waals surface area (Å²) in [5.41, 5.74) is 7.35. The molecule has 0 aliphatic heterocycles. The van der Waals surface area contributed by atoms with E-state index in [1.807, 2.05) is 38.4 Å². The van der Waals surface area contributed by atoms with Gasteiger partial charge in [-0.2, -0.15) is 0 Å². The number of carbonyl (C=O) groups is 1. The summed E-state index contributed by atoms with van der Waals surface area (Å²) in [6.07, 6.45) is 3.31. The summed E-state index contributed by atoms with van der Waals surface area (Å²) in [5.74, 6) is -0.0840. The molecule has 0 bridgehead atoms. The minimum Gasteiger partial charge on any atom is -0.399 e. The SMILES string of the molecule is CN(C)CC(C)(C)CNC(=O)/C=C/c1cccc(N)c1. The molecule has 0 unspecified atom stereocenters. The number of carbonyl (C=O) groups excluding carboxylic acids is 1. The van der Waals surface area contributed by atoms with Crippen LogP contribution in [0, 0.1) is 5.41 Å². The molecule has 0 atom stereocenters. The molecule has 0 saturated carbocycles. The molecule has 0 fully saturated rings. The van der Waals surface area contributed by atoms with Crippen LogP contribution < -0.4 is 11.1 Å². The van der Waals surface area contributed by atoms with Crippen LogP contribution in [0.2, 0.25) is 0 Å². The molecule has 0 aromatic heterocycles. The van der Waals surface area contributed by atoms with Gasteiger partial charge in [0.2, 0.25) is 5.91 Å². The van der Waals surface area contributed by atoms with E-state index in [-0.39, 0.29) is 11.3 Å². The summed E-state index contributed by atoms with van der Waals surface area (Å²) >= 11 is 0. The molecule has 0 radical (unpaired) electrons. The van der Waals surface area contributed by atoms with Crippen LogP contribution in [0.25, 0.3) is 6.08 Å². The zero-order chi connectivity index (χ0) is 15.2. The molecule has 0 aliphatic rings. The fourth-order valence-corrected chi connectivity index (χ4v) is 2.13. The lowest BCUT2D eigenvalue weighted by molar-refractivity contribution is -0.116. The largest absolute Gasteiger partial charge is 0.399 e. The molecule has 0 aliphatic carbocycles. The number of hydrogen-bond donors (Lipinski definition) is 2. The fraction of sp³-hybridized carbons (Fsp3) is 0.438. The van der Waals surface area contributed by atoms with Gasteiger partial charge in [0.1, 0.15) is 0 Å². The standard InChI is InChI=1S/C16H25N3O/c1-16(2,12-19(3)4)11-18-15(20)9-8-13-6-5-7-14(17)10-13/h5-10H,11-12,17H2,1-4H3,(H,18,20)/b9-8+. The van der Waals surface area contributed by atoms with E-state index >= 15 is 0 Å². The second-order valence-corrected chi connectivity index (χ2v) is 6.12. The maximum atomic E-state index is 11.8. The molecule has 20 heavy (non-hydrogen) atoms. The number of nitrogens with two attached hydrogens (primary N) is 1. The smallest absolute Gasteiger partial charge is 0.244 e. The van der Waals surface area contributed by atoms with E-state index in [4.69, 9.17) is 5.73 Å². The van der Waals surface area contributed by atoms with E-state index in [2.05, 4.69) is 24.1 Å². The average molecular weight is 275 g/mol. The van der Waals surface area contributed by atoms with Crippen LogP contribution in [0.1, 0.15) is 19.4 Å². The summed E-state index contributed by atoms with van der Waals surface area (Å²) in [4.78, 5) is 13.9. The quantitative estimate of drug-likeness (QED) is 0.616. The number of nitrogens with zero attached hydrogens (tertiary/aromatic N) is 1. The van der Waals surface area contributed by atoms with Crippen LogP contribution in [0.5, 0.6) is 0 Å². The third kappa shape index (κ3) is 6.38. The minimum absolute atomic E-state index is 0.0458. The molecular weight excluding hydrogens is 250 g/mol. The number of nitrogens with one attached hydrogen (secondary N) is 1. The second kappa shape index (κ2) is 7.10. The minimum atomic E-state index is -0.0840. The van der Waals surface area contributed by atoms with Gasteiger partial charge in [0.15, 0.2) is 0 Å². The van der Waals surface area contributed by atoms with E-state index < -0.39 is 0 Å². The molecule has 0 spiro atoms. The summed E-state index contributed by atoms with van der Waals surface area (Å²) in [6, 6.07) is 7.43. The molecule has 1 amide bonds. The van der Waals surface area contributed by atoms with Crippen molar-refractivity contribution in [3.05, 3.63) is 35.9 Å². The van der Waals surface area contributed by atoms with Crippen LogP contribution in [-0.2, 0) is 4.79 Å². The third-order valence-corrected chi connectivity index (χ3v) is 2.82. The highest BCUT2D eigenvalue weighted by molar-refractivity contribution is 5.91. The van der Waals surface area contributed by atoms with Crippen LogP contribution in [-0.4, -0.2) is 38.0 Å². The third-order valence-electron chi connectivity index (χ3n) is 2.82. The lowest BCUT2D eigenvalue weighted by Crippen LogP contribution is -2.39. The monoisotopic (exact) mass is 275 g/mol. The van der Waals surface area contributed by atoms with E-state index in [0.717, 1.165) is 12.1 Å². The first-order valence-electron chi connectivity index (χ1n) is 6.75. The molecule has 0 saturated heterocycles. The summed E-state index contributed by atoms with van der Waals surface area (Å²) in [6.45, 7) is 5.83.